The monoisotopic (exact) mass is 426 g/mol. The first kappa shape index (κ1) is 21.5. The van der Waals surface area contributed by atoms with Gasteiger partial charge in [-0.2, -0.15) is 0 Å². The minimum atomic E-state index is -4.83. The van der Waals surface area contributed by atoms with E-state index in [9.17, 15) is 18.0 Å². The standard InChI is InChI=1S/C19H21F3N4O4/c1-28-16-8-7-14(30-19(20,21)22)11-15(16)26-17(27)25-12-3-5-13(6-4-12)29-18-23-9-2-10-24-18/h2,7-13H,3-6H2,1H3,(H2,25,26,27)/t12-,13-. The van der Waals surface area contributed by atoms with Crippen molar-refractivity contribution >= 4 is 11.7 Å². The van der Waals surface area contributed by atoms with E-state index >= 15 is 0 Å². The number of anilines is 1. The molecule has 162 valence electrons. The maximum atomic E-state index is 12.4. The summed E-state index contributed by atoms with van der Waals surface area (Å²) in [7, 11) is 1.35. The number of methoxy groups -OCH3 is 1. The average molecular weight is 426 g/mol. The first-order valence-corrected chi connectivity index (χ1v) is 9.27. The second-order valence-electron chi connectivity index (χ2n) is 6.63. The highest BCUT2D eigenvalue weighted by atomic mass is 19.4. The van der Waals surface area contributed by atoms with E-state index in [1.165, 1.54) is 13.2 Å². The number of carbonyl (C=O) groups is 1. The van der Waals surface area contributed by atoms with Crippen molar-refractivity contribution in [2.75, 3.05) is 12.4 Å². The summed E-state index contributed by atoms with van der Waals surface area (Å²) in [6.07, 6.45) is 1.11. The molecule has 0 spiro atoms. The van der Waals surface area contributed by atoms with Crippen LogP contribution < -0.4 is 24.8 Å². The number of hydrogen-bond acceptors (Lipinski definition) is 6. The SMILES string of the molecule is COc1ccc(OC(F)(F)F)cc1NC(=O)N[C@H]1CC[C@H](Oc2ncccn2)CC1. The molecule has 11 heteroatoms. The van der Waals surface area contributed by atoms with Crippen molar-refractivity contribution in [3.63, 3.8) is 0 Å². The van der Waals surface area contributed by atoms with Crippen LogP contribution in [0, 0.1) is 0 Å². The minimum Gasteiger partial charge on any atom is -0.495 e. The van der Waals surface area contributed by atoms with E-state index < -0.39 is 18.1 Å². The maximum Gasteiger partial charge on any atom is 0.573 e. The number of ether oxygens (including phenoxy) is 3. The molecule has 30 heavy (non-hydrogen) atoms. The Labute approximate surface area is 170 Å². The summed E-state index contributed by atoms with van der Waals surface area (Å²) >= 11 is 0. The van der Waals surface area contributed by atoms with Gasteiger partial charge in [0.25, 0.3) is 0 Å². The van der Waals surface area contributed by atoms with Crippen LogP contribution in [-0.4, -0.2) is 41.6 Å². The number of alkyl halides is 3. The molecule has 1 aliphatic rings. The van der Waals surface area contributed by atoms with Crippen molar-refractivity contribution < 1.29 is 32.2 Å². The van der Waals surface area contributed by atoms with Crippen molar-refractivity contribution in [2.24, 2.45) is 0 Å². The van der Waals surface area contributed by atoms with Gasteiger partial charge >= 0.3 is 18.4 Å². The van der Waals surface area contributed by atoms with Crippen LogP contribution in [0.4, 0.5) is 23.7 Å². The number of nitrogens with one attached hydrogen (secondary N) is 2. The second kappa shape index (κ2) is 9.51. The number of benzene rings is 1. The molecule has 0 radical (unpaired) electrons. The number of aromatic nitrogens is 2. The van der Waals surface area contributed by atoms with Crippen molar-refractivity contribution in [3.05, 3.63) is 36.7 Å². The van der Waals surface area contributed by atoms with E-state index in [0.29, 0.717) is 31.7 Å². The molecule has 2 N–H and O–H groups in total. The zero-order valence-electron chi connectivity index (χ0n) is 16.1. The normalized spacial score (nSPS) is 18.9. The smallest absolute Gasteiger partial charge is 0.495 e. The van der Waals surface area contributed by atoms with Gasteiger partial charge < -0.3 is 24.8 Å². The molecule has 2 amide bonds. The number of halogens is 3. The predicted molar refractivity (Wildman–Crippen MR) is 101 cm³/mol. The van der Waals surface area contributed by atoms with Gasteiger partial charge in [0.15, 0.2) is 0 Å². The molecule has 0 bridgehead atoms. The fraction of sp³-hybridized carbons (Fsp3) is 0.421. The quantitative estimate of drug-likeness (QED) is 0.728. The van der Waals surface area contributed by atoms with Crippen LogP contribution in [0.5, 0.6) is 17.5 Å². The summed E-state index contributed by atoms with van der Waals surface area (Å²) < 4.78 is 52.0. The predicted octanol–water partition coefficient (Wildman–Crippen LogP) is 3.90. The molecule has 1 heterocycles. The van der Waals surface area contributed by atoms with Gasteiger partial charge in [0, 0.05) is 24.5 Å². The summed E-state index contributed by atoms with van der Waals surface area (Å²) in [6, 6.07) is 4.82. The summed E-state index contributed by atoms with van der Waals surface area (Å²) in [5.41, 5.74) is 0.0648. The topological polar surface area (TPSA) is 94.6 Å². The number of rotatable bonds is 6. The van der Waals surface area contributed by atoms with Crippen LogP contribution in [0.15, 0.2) is 36.7 Å². The lowest BCUT2D eigenvalue weighted by Gasteiger charge is -2.28. The first-order valence-electron chi connectivity index (χ1n) is 9.27. The van der Waals surface area contributed by atoms with Crippen molar-refractivity contribution in [2.45, 2.75) is 44.2 Å². The summed E-state index contributed by atoms with van der Waals surface area (Å²) in [4.78, 5) is 20.4. The molecule has 0 aliphatic heterocycles. The van der Waals surface area contributed by atoms with Crippen molar-refractivity contribution in [1.29, 1.82) is 0 Å². The fourth-order valence-electron chi connectivity index (χ4n) is 3.15. The highest BCUT2D eigenvalue weighted by Gasteiger charge is 2.31. The Balaban J connectivity index is 1.51. The van der Waals surface area contributed by atoms with Gasteiger partial charge in [-0.15, -0.1) is 13.2 Å². The molecule has 0 unspecified atom stereocenters. The molecule has 8 nitrogen and oxygen atoms in total. The van der Waals surface area contributed by atoms with E-state index in [0.717, 1.165) is 12.1 Å². The van der Waals surface area contributed by atoms with Gasteiger partial charge in [0.2, 0.25) is 0 Å². The van der Waals surface area contributed by atoms with Crippen LogP contribution in [0.3, 0.4) is 0 Å². The Bertz CT molecular complexity index is 843. The zero-order valence-corrected chi connectivity index (χ0v) is 16.1. The van der Waals surface area contributed by atoms with E-state index in [1.54, 1.807) is 18.5 Å². The molecule has 2 aromatic rings. The number of amides is 2. The molecule has 1 aromatic carbocycles. The average Bonchev–Trinajstić information content (AvgIpc) is 2.69. The number of carbonyl (C=O) groups excluding carboxylic acids is 1. The van der Waals surface area contributed by atoms with Crippen LogP contribution in [0.2, 0.25) is 0 Å². The lowest BCUT2D eigenvalue weighted by molar-refractivity contribution is -0.274. The van der Waals surface area contributed by atoms with Gasteiger partial charge in [0.1, 0.15) is 17.6 Å². The molecular weight excluding hydrogens is 405 g/mol. The van der Waals surface area contributed by atoms with Crippen molar-refractivity contribution in [3.8, 4) is 17.5 Å². The molecule has 1 fully saturated rings. The first-order chi connectivity index (χ1) is 14.3. The van der Waals surface area contributed by atoms with Crippen LogP contribution >= 0.6 is 0 Å². The summed E-state index contributed by atoms with van der Waals surface area (Å²) in [5, 5.41) is 5.33. The van der Waals surface area contributed by atoms with Gasteiger partial charge in [-0.05, 0) is 43.9 Å². The van der Waals surface area contributed by atoms with Gasteiger partial charge in [-0.25, -0.2) is 14.8 Å². The van der Waals surface area contributed by atoms with E-state index in [2.05, 4.69) is 25.3 Å². The Kier molecular flexibility index (Phi) is 6.80. The third-order valence-electron chi connectivity index (χ3n) is 4.48. The van der Waals surface area contributed by atoms with Crippen LogP contribution in [0.25, 0.3) is 0 Å². The second-order valence-corrected chi connectivity index (χ2v) is 6.63. The maximum absolute atomic E-state index is 12.4. The van der Waals surface area contributed by atoms with Crippen molar-refractivity contribution in [1.82, 2.24) is 15.3 Å². The zero-order chi connectivity index (χ0) is 21.6. The number of nitrogens with zero attached hydrogens (tertiary/aromatic N) is 2. The molecular formula is C19H21F3N4O4. The minimum absolute atomic E-state index is 0.0372. The molecule has 3 rings (SSSR count). The summed E-state index contributed by atoms with van der Waals surface area (Å²) in [5.74, 6) is -0.251. The lowest BCUT2D eigenvalue weighted by Crippen LogP contribution is -2.41. The van der Waals surface area contributed by atoms with E-state index in [4.69, 9.17) is 9.47 Å². The number of urea groups is 1. The molecule has 0 atom stereocenters. The number of hydrogen-bond donors (Lipinski definition) is 2. The van der Waals surface area contributed by atoms with Gasteiger partial charge in [0.05, 0.1) is 12.8 Å². The summed E-state index contributed by atoms with van der Waals surface area (Å²) in [6.45, 7) is 0. The Morgan fingerprint density at radius 2 is 1.83 bits per heavy atom. The fourth-order valence-corrected chi connectivity index (χ4v) is 3.15. The third kappa shape index (κ3) is 6.39. The highest BCUT2D eigenvalue weighted by Crippen LogP contribution is 2.32. The molecule has 1 aromatic heterocycles. The molecule has 1 aliphatic carbocycles. The highest BCUT2D eigenvalue weighted by molar-refractivity contribution is 5.91. The third-order valence-corrected chi connectivity index (χ3v) is 4.48. The van der Waals surface area contributed by atoms with Gasteiger partial charge in [-0.3, -0.25) is 0 Å². The Morgan fingerprint density at radius 1 is 1.13 bits per heavy atom. The van der Waals surface area contributed by atoms with Crippen LogP contribution in [-0.2, 0) is 0 Å². The lowest BCUT2D eigenvalue weighted by atomic mass is 9.93. The van der Waals surface area contributed by atoms with Gasteiger partial charge in [-0.1, -0.05) is 0 Å². The van der Waals surface area contributed by atoms with E-state index in [-0.39, 0.29) is 23.6 Å². The Hall–Kier alpha value is -3.24. The Morgan fingerprint density at radius 3 is 2.47 bits per heavy atom. The largest absolute Gasteiger partial charge is 0.573 e. The van der Waals surface area contributed by atoms with E-state index in [1.807, 2.05) is 0 Å². The van der Waals surface area contributed by atoms with Crippen LogP contribution in [0.1, 0.15) is 25.7 Å². The molecule has 0 saturated heterocycles. The molecule has 1 saturated carbocycles.